The molecule has 0 fully saturated rings. The van der Waals surface area contributed by atoms with Crippen LogP contribution in [0.25, 0.3) is 10.9 Å². The zero-order valence-electron chi connectivity index (χ0n) is 13.7. The molecular formula is C20H20N2OS. The van der Waals surface area contributed by atoms with Gasteiger partial charge in [-0.2, -0.15) is 0 Å². The van der Waals surface area contributed by atoms with E-state index in [1.807, 2.05) is 53.2 Å². The van der Waals surface area contributed by atoms with E-state index in [2.05, 4.69) is 30.1 Å². The van der Waals surface area contributed by atoms with Crippen molar-refractivity contribution >= 4 is 34.3 Å². The average molecular weight is 336 g/mol. The third-order valence-electron chi connectivity index (χ3n) is 4.56. The number of rotatable bonds is 2. The maximum absolute atomic E-state index is 13.0. The van der Waals surface area contributed by atoms with E-state index in [0.29, 0.717) is 11.7 Å². The molecule has 4 heteroatoms. The maximum Gasteiger partial charge on any atom is 0.231 e. The van der Waals surface area contributed by atoms with Gasteiger partial charge in [0.05, 0.1) is 12.1 Å². The number of aromatic amines is 1. The molecule has 1 unspecified atom stereocenters. The van der Waals surface area contributed by atoms with Crippen LogP contribution in [0.4, 0.5) is 5.69 Å². The number of nitrogens with one attached hydrogen (secondary N) is 1. The molecule has 1 atom stereocenters. The van der Waals surface area contributed by atoms with Gasteiger partial charge in [-0.25, -0.2) is 0 Å². The number of amides is 1. The van der Waals surface area contributed by atoms with Gasteiger partial charge in [0.15, 0.2) is 0 Å². The lowest BCUT2D eigenvalue weighted by Crippen LogP contribution is -2.33. The zero-order valence-corrected chi connectivity index (χ0v) is 14.5. The second-order valence-electron chi connectivity index (χ2n) is 6.27. The van der Waals surface area contributed by atoms with E-state index >= 15 is 0 Å². The van der Waals surface area contributed by atoms with Gasteiger partial charge >= 0.3 is 0 Å². The van der Waals surface area contributed by atoms with Crippen molar-refractivity contribution < 1.29 is 4.79 Å². The number of aromatic nitrogens is 1. The summed E-state index contributed by atoms with van der Waals surface area (Å²) in [5.41, 5.74) is 3.20. The topological polar surface area (TPSA) is 36.1 Å². The molecule has 0 aliphatic carbocycles. The van der Waals surface area contributed by atoms with Crippen molar-refractivity contribution in [2.75, 3.05) is 11.4 Å². The normalized spacial score (nSPS) is 17.5. The number of para-hydroxylation sites is 2. The van der Waals surface area contributed by atoms with Crippen molar-refractivity contribution in [3.8, 4) is 0 Å². The summed E-state index contributed by atoms with van der Waals surface area (Å²) < 4.78 is 0. The summed E-state index contributed by atoms with van der Waals surface area (Å²) in [6, 6.07) is 16.4. The van der Waals surface area contributed by atoms with Crippen LogP contribution in [-0.4, -0.2) is 22.7 Å². The minimum absolute atomic E-state index is 0.168. The molecule has 3 aromatic rings. The Kier molecular flexibility index (Phi) is 4.07. The molecule has 1 amide bonds. The summed E-state index contributed by atoms with van der Waals surface area (Å²) in [6.45, 7) is 3.02. The van der Waals surface area contributed by atoms with Crippen LogP contribution in [0.15, 0.2) is 59.6 Å². The van der Waals surface area contributed by atoms with Crippen molar-refractivity contribution in [3.63, 3.8) is 0 Å². The molecule has 4 rings (SSSR count). The summed E-state index contributed by atoms with van der Waals surface area (Å²) in [5, 5.41) is 1.66. The number of carbonyl (C=O) groups excluding carboxylic acids is 1. The van der Waals surface area contributed by atoms with Crippen LogP contribution < -0.4 is 4.90 Å². The van der Waals surface area contributed by atoms with Gasteiger partial charge < -0.3 is 9.88 Å². The summed E-state index contributed by atoms with van der Waals surface area (Å²) in [5.74, 6) is 0.168. The zero-order chi connectivity index (χ0) is 16.5. The smallest absolute Gasteiger partial charge is 0.231 e. The molecule has 3 nitrogen and oxygen atoms in total. The Bertz CT molecular complexity index is 886. The van der Waals surface area contributed by atoms with E-state index in [-0.39, 0.29) is 5.91 Å². The highest BCUT2D eigenvalue weighted by Gasteiger charge is 2.24. The van der Waals surface area contributed by atoms with Crippen LogP contribution in [0, 0.1) is 0 Å². The molecule has 122 valence electrons. The second-order valence-corrected chi connectivity index (χ2v) is 7.75. The number of carbonyl (C=O) groups is 1. The highest BCUT2D eigenvalue weighted by Crippen LogP contribution is 2.37. The average Bonchev–Trinajstić information content (AvgIpc) is 2.91. The van der Waals surface area contributed by atoms with Crippen LogP contribution in [0.3, 0.4) is 0 Å². The predicted molar refractivity (Wildman–Crippen MR) is 101 cm³/mol. The van der Waals surface area contributed by atoms with Crippen LogP contribution >= 0.6 is 11.8 Å². The van der Waals surface area contributed by atoms with Crippen molar-refractivity contribution in [2.24, 2.45) is 0 Å². The first-order chi connectivity index (χ1) is 11.7. The molecule has 24 heavy (non-hydrogen) atoms. The van der Waals surface area contributed by atoms with E-state index in [9.17, 15) is 4.79 Å². The van der Waals surface area contributed by atoms with Gasteiger partial charge in [0.25, 0.3) is 0 Å². The minimum atomic E-state index is 0.168. The number of hydrogen-bond donors (Lipinski definition) is 1. The Balaban J connectivity index is 1.64. The van der Waals surface area contributed by atoms with E-state index in [1.165, 1.54) is 4.90 Å². The molecule has 1 aliphatic rings. The lowest BCUT2D eigenvalue weighted by molar-refractivity contribution is -0.118. The highest BCUT2D eigenvalue weighted by atomic mass is 32.2. The predicted octanol–water partition coefficient (Wildman–Crippen LogP) is 4.63. The fraction of sp³-hybridized carbons (Fsp3) is 0.250. The SMILES string of the molecule is CC1CCN(C(=O)Cc2c[nH]c3ccccc23)c2ccccc2S1. The van der Waals surface area contributed by atoms with Gasteiger partial charge in [0, 0.05) is 33.8 Å². The Morgan fingerprint density at radius 1 is 1.21 bits per heavy atom. The summed E-state index contributed by atoms with van der Waals surface area (Å²) in [6.07, 6.45) is 3.40. The van der Waals surface area contributed by atoms with E-state index < -0.39 is 0 Å². The highest BCUT2D eigenvalue weighted by molar-refractivity contribution is 8.00. The summed E-state index contributed by atoms with van der Waals surface area (Å²) in [4.78, 5) is 19.5. The van der Waals surface area contributed by atoms with Crippen molar-refractivity contribution in [2.45, 2.75) is 29.9 Å². The van der Waals surface area contributed by atoms with Gasteiger partial charge in [0.2, 0.25) is 5.91 Å². The maximum atomic E-state index is 13.0. The van der Waals surface area contributed by atoms with Gasteiger partial charge in [-0.05, 0) is 30.2 Å². The van der Waals surface area contributed by atoms with Crippen LogP contribution in [0.1, 0.15) is 18.9 Å². The first-order valence-electron chi connectivity index (χ1n) is 8.33. The minimum Gasteiger partial charge on any atom is -0.361 e. The standard InChI is InChI=1S/C20H20N2OS/c1-14-10-11-22(18-8-4-5-9-19(18)24-14)20(23)12-15-13-21-17-7-3-2-6-16(15)17/h2-9,13-14,21H,10-12H2,1H3. The summed E-state index contributed by atoms with van der Waals surface area (Å²) in [7, 11) is 0. The molecule has 2 aromatic carbocycles. The van der Waals surface area contributed by atoms with Gasteiger partial charge in [-0.1, -0.05) is 37.3 Å². The van der Waals surface area contributed by atoms with Gasteiger partial charge in [-0.15, -0.1) is 11.8 Å². The van der Waals surface area contributed by atoms with Crippen molar-refractivity contribution in [3.05, 3.63) is 60.3 Å². The molecular weight excluding hydrogens is 316 g/mol. The van der Waals surface area contributed by atoms with Crippen LogP contribution in [0.2, 0.25) is 0 Å². The van der Waals surface area contributed by atoms with E-state index in [1.54, 1.807) is 0 Å². The molecule has 0 saturated carbocycles. The lowest BCUT2D eigenvalue weighted by atomic mass is 10.1. The molecule has 0 radical (unpaired) electrons. The second kappa shape index (κ2) is 6.36. The number of nitrogens with zero attached hydrogens (tertiary/aromatic N) is 1. The van der Waals surface area contributed by atoms with Gasteiger partial charge in [0.1, 0.15) is 0 Å². The Morgan fingerprint density at radius 2 is 2.00 bits per heavy atom. The molecule has 1 N–H and O–H groups in total. The first-order valence-corrected chi connectivity index (χ1v) is 9.21. The van der Waals surface area contributed by atoms with Crippen molar-refractivity contribution in [1.29, 1.82) is 0 Å². The third-order valence-corrected chi connectivity index (χ3v) is 5.80. The van der Waals surface area contributed by atoms with Gasteiger partial charge in [-0.3, -0.25) is 4.79 Å². The number of fused-ring (bicyclic) bond motifs is 2. The van der Waals surface area contributed by atoms with Crippen LogP contribution in [0.5, 0.6) is 0 Å². The number of hydrogen-bond acceptors (Lipinski definition) is 2. The monoisotopic (exact) mass is 336 g/mol. The van der Waals surface area contributed by atoms with Crippen LogP contribution in [-0.2, 0) is 11.2 Å². The quantitative estimate of drug-likeness (QED) is 0.741. The molecule has 0 spiro atoms. The summed E-state index contributed by atoms with van der Waals surface area (Å²) >= 11 is 1.86. The molecule has 0 bridgehead atoms. The Morgan fingerprint density at radius 3 is 2.92 bits per heavy atom. The Labute approximate surface area is 146 Å². The molecule has 0 saturated heterocycles. The van der Waals surface area contributed by atoms with E-state index in [4.69, 9.17) is 0 Å². The fourth-order valence-corrected chi connectivity index (χ4v) is 4.39. The first kappa shape index (κ1) is 15.3. The molecule has 2 heterocycles. The molecule has 1 aliphatic heterocycles. The number of anilines is 1. The largest absolute Gasteiger partial charge is 0.361 e. The third kappa shape index (κ3) is 2.82. The molecule has 1 aromatic heterocycles. The lowest BCUT2D eigenvalue weighted by Gasteiger charge is -2.22. The van der Waals surface area contributed by atoms with Crippen molar-refractivity contribution in [1.82, 2.24) is 4.98 Å². The number of H-pyrrole nitrogens is 1. The number of thioether (sulfide) groups is 1. The fourth-order valence-electron chi connectivity index (χ4n) is 3.28. The number of benzene rings is 2. The van der Waals surface area contributed by atoms with E-state index in [0.717, 1.165) is 35.1 Å². The Hall–Kier alpha value is -2.20.